The van der Waals surface area contributed by atoms with Gasteiger partial charge in [-0.15, -0.1) is 0 Å². The lowest BCUT2D eigenvalue weighted by atomic mass is 10.1. The molecule has 19 heavy (non-hydrogen) atoms. The molecular weight excluding hydrogens is 248 g/mol. The Morgan fingerprint density at radius 1 is 1.58 bits per heavy atom. The lowest BCUT2D eigenvalue weighted by molar-refractivity contribution is -0.110. The largest absolute Gasteiger partial charge is 0.348 e. The maximum absolute atomic E-state index is 12.0. The zero-order valence-electron chi connectivity index (χ0n) is 10.2. The third-order valence-electron chi connectivity index (χ3n) is 2.55. The zero-order valence-corrected chi connectivity index (χ0v) is 10.2. The van der Waals surface area contributed by atoms with Crippen molar-refractivity contribution in [3.8, 4) is 11.5 Å². The van der Waals surface area contributed by atoms with Gasteiger partial charge < -0.3 is 9.84 Å². The van der Waals surface area contributed by atoms with Crippen molar-refractivity contribution in [3.05, 3.63) is 30.4 Å². The predicted octanol–water partition coefficient (Wildman–Crippen LogP) is 0.839. The first-order chi connectivity index (χ1) is 9.26. The van der Waals surface area contributed by atoms with Crippen LogP contribution in [0.15, 0.2) is 29.0 Å². The third-order valence-corrected chi connectivity index (χ3v) is 2.55. The molecule has 0 aliphatic rings. The highest BCUT2D eigenvalue weighted by atomic mass is 16.5. The van der Waals surface area contributed by atoms with Gasteiger partial charge in [0.15, 0.2) is 0 Å². The average Bonchev–Trinajstić information content (AvgIpc) is 2.95. The lowest BCUT2D eigenvalue weighted by Crippen LogP contribution is -2.35. The first kappa shape index (κ1) is 12.9. The Balaban J connectivity index is 2.21. The number of rotatable bonds is 6. The Morgan fingerprint density at radius 3 is 3.05 bits per heavy atom. The second-order valence-electron chi connectivity index (χ2n) is 3.77. The molecule has 0 bridgehead atoms. The van der Waals surface area contributed by atoms with E-state index in [1.165, 1.54) is 0 Å². The molecule has 7 nitrogen and oxygen atoms in total. The van der Waals surface area contributed by atoms with E-state index in [1.807, 2.05) is 0 Å². The van der Waals surface area contributed by atoms with Crippen LogP contribution in [0.2, 0.25) is 0 Å². The molecule has 0 saturated carbocycles. The second-order valence-corrected chi connectivity index (χ2v) is 3.77. The van der Waals surface area contributed by atoms with Gasteiger partial charge in [-0.2, -0.15) is 4.98 Å². The van der Waals surface area contributed by atoms with Crippen molar-refractivity contribution in [1.29, 1.82) is 0 Å². The quantitative estimate of drug-likeness (QED) is 0.610. The number of pyridine rings is 1. The van der Waals surface area contributed by atoms with Crippen LogP contribution >= 0.6 is 0 Å². The van der Waals surface area contributed by atoms with Crippen LogP contribution < -0.4 is 5.32 Å². The molecule has 98 valence electrons. The van der Waals surface area contributed by atoms with Crippen LogP contribution in [0.4, 0.5) is 0 Å². The minimum absolute atomic E-state index is 0.0555. The van der Waals surface area contributed by atoms with E-state index in [4.69, 9.17) is 4.52 Å². The summed E-state index contributed by atoms with van der Waals surface area (Å²) >= 11 is 0. The van der Waals surface area contributed by atoms with E-state index >= 15 is 0 Å². The van der Waals surface area contributed by atoms with Crippen LogP contribution in [0.1, 0.15) is 24.0 Å². The fraction of sp³-hybridized carbons (Fsp3) is 0.250. The van der Waals surface area contributed by atoms with Crippen LogP contribution in [-0.2, 0) is 4.79 Å². The van der Waals surface area contributed by atoms with Crippen molar-refractivity contribution < 1.29 is 14.1 Å². The molecule has 2 aromatic rings. The van der Waals surface area contributed by atoms with Gasteiger partial charge in [0.1, 0.15) is 0 Å². The summed E-state index contributed by atoms with van der Waals surface area (Å²) in [4.78, 5) is 30.3. The standard InChI is InChI=1S/C12H12N4O3/c1-2-9(14-7-17)10(18)11-15-12(19-16-11)8-4-3-5-13-6-8/h3-7,9H,2H2,1H3,(H,14,17). The molecule has 0 aromatic carbocycles. The number of nitrogens with one attached hydrogen (secondary N) is 1. The molecule has 1 atom stereocenters. The molecule has 2 rings (SSSR count). The van der Waals surface area contributed by atoms with Crippen molar-refractivity contribution in [2.75, 3.05) is 0 Å². The van der Waals surface area contributed by atoms with E-state index in [2.05, 4.69) is 20.4 Å². The molecule has 1 N–H and O–H groups in total. The molecule has 1 unspecified atom stereocenters. The van der Waals surface area contributed by atoms with Crippen LogP contribution in [-0.4, -0.2) is 33.4 Å². The number of aromatic nitrogens is 3. The SMILES string of the molecule is CCC(NC=O)C(=O)c1noc(-c2cccnc2)n1. The van der Waals surface area contributed by atoms with Gasteiger partial charge in [-0.1, -0.05) is 12.1 Å². The number of nitrogens with zero attached hydrogens (tertiary/aromatic N) is 3. The van der Waals surface area contributed by atoms with Crippen LogP contribution in [0.5, 0.6) is 0 Å². The predicted molar refractivity (Wildman–Crippen MR) is 65.1 cm³/mol. The van der Waals surface area contributed by atoms with Gasteiger partial charge in [0.25, 0.3) is 5.89 Å². The smallest absolute Gasteiger partial charge is 0.259 e. The Hall–Kier alpha value is -2.57. The van der Waals surface area contributed by atoms with Crippen molar-refractivity contribution in [1.82, 2.24) is 20.4 Å². The number of carbonyl (C=O) groups is 2. The van der Waals surface area contributed by atoms with Crippen LogP contribution in [0.25, 0.3) is 11.5 Å². The molecule has 0 saturated heterocycles. The maximum atomic E-state index is 12.0. The highest BCUT2D eigenvalue weighted by molar-refractivity contribution is 5.97. The summed E-state index contributed by atoms with van der Waals surface area (Å²) in [6, 6.07) is 2.83. The minimum Gasteiger partial charge on any atom is -0.348 e. The fourth-order valence-corrected chi connectivity index (χ4v) is 1.55. The van der Waals surface area contributed by atoms with Gasteiger partial charge in [0.2, 0.25) is 18.0 Å². The molecule has 1 amide bonds. The van der Waals surface area contributed by atoms with Gasteiger partial charge >= 0.3 is 0 Å². The van der Waals surface area contributed by atoms with Crippen molar-refractivity contribution in [2.45, 2.75) is 19.4 Å². The summed E-state index contributed by atoms with van der Waals surface area (Å²) in [7, 11) is 0. The Bertz CT molecular complexity index is 567. The van der Waals surface area contributed by atoms with Gasteiger partial charge in [0.05, 0.1) is 11.6 Å². The zero-order chi connectivity index (χ0) is 13.7. The van der Waals surface area contributed by atoms with E-state index in [0.717, 1.165) is 0 Å². The second kappa shape index (κ2) is 5.85. The lowest BCUT2D eigenvalue weighted by Gasteiger charge is -2.08. The molecule has 0 radical (unpaired) electrons. The molecular formula is C12H12N4O3. The first-order valence-electron chi connectivity index (χ1n) is 5.74. The number of amides is 1. The van der Waals surface area contributed by atoms with Crippen molar-refractivity contribution in [3.63, 3.8) is 0 Å². The topological polar surface area (TPSA) is 98.0 Å². The molecule has 0 fully saturated rings. The summed E-state index contributed by atoms with van der Waals surface area (Å²) in [5, 5.41) is 6.04. The van der Waals surface area contributed by atoms with Gasteiger partial charge in [0, 0.05) is 12.4 Å². The van der Waals surface area contributed by atoms with E-state index in [-0.39, 0.29) is 17.5 Å². The number of ketones is 1. The summed E-state index contributed by atoms with van der Waals surface area (Å²) in [6.07, 6.45) is 4.11. The van der Waals surface area contributed by atoms with Crippen molar-refractivity contribution in [2.24, 2.45) is 0 Å². The summed E-state index contributed by atoms with van der Waals surface area (Å²) < 4.78 is 5.01. The normalized spacial score (nSPS) is 11.8. The Kier molecular flexibility index (Phi) is 3.97. The van der Waals surface area contributed by atoms with E-state index < -0.39 is 6.04 Å². The van der Waals surface area contributed by atoms with Gasteiger partial charge in [-0.25, -0.2) is 0 Å². The molecule has 0 spiro atoms. The third kappa shape index (κ3) is 2.82. The van der Waals surface area contributed by atoms with E-state index in [9.17, 15) is 9.59 Å². The van der Waals surface area contributed by atoms with Crippen molar-refractivity contribution >= 4 is 12.2 Å². The van der Waals surface area contributed by atoms with Gasteiger partial charge in [-0.3, -0.25) is 14.6 Å². The molecule has 7 heteroatoms. The summed E-state index contributed by atoms with van der Waals surface area (Å²) in [5.41, 5.74) is 0.630. The fourth-order valence-electron chi connectivity index (χ4n) is 1.55. The highest BCUT2D eigenvalue weighted by Crippen LogP contribution is 2.15. The molecule has 0 aliphatic carbocycles. The monoisotopic (exact) mass is 260 g/mol. The first-order valence-corrected chi connectivity index (χ1v) is 5.74. The Morgan fingerprint density at radius 2 is 2.42 bits per heavy atom. The Labute approximate surface area is 109 Å². The number of hydrogen-bond acceptors (Lipinski definition) is 6. The average molecular weight is 260 g/mol. The summed E-state index contributed by atoms with van der Waals surface area (Å²) in [5.74, 6) is -0.217. The number of carbonyl (C=O) groups excluding carboxylic acids is 2. The van der Waals surface area contributed by atoms with Crippen LogP contribution in [0, 0.1) is 0 Å². The number of hydrogen-bond donors (Lipinski definition) is 1. The number of Topliss-reactive ketones (excluding diaryl/α,β-unsaturated/α-hetero) is 1. The molecule has 2 aromatic heterocycles. The molecule has 0 aliphatic heterocycles. The maximum Gasteiger partial charge on any atom is 0.259 e. The van der Waals surface area contributed by atoms with Crippen LogP contribution in [0.3, 0.4) is 0 Å². The van der Waals surface area contributed by atoms with Gasteiger partial charge in [-0.05, 0) is 18.6 Å². The van der Waals surface area contributed by atoms with E-state index in [0.29, 0.717) is 18.4 Å². The minimum atomic E-state index is -0.642. The molecule has 2 heterocycles. The van der Waals surface area contributed by atoms with E-state index in [1.54, 1.807) is 31.5 Å². The highest BCUT2D eigenvalue weighted by Gasteiger charge is 2.23. The summed E-state index contributed by atoms with van der Waals surface area (Å²) in [6.45, 7) is 1.78.